The molecule has 0 aromatic carbocycles. The van der Waals surface area contributed by atoms with Crippen LogP contribution in [0.5, 0.6) is 0 Å². The van der Waals surface area contributed by atoms with Crippen LogP contribution in [0.25, 0.3) is 0 Å². The summed E-state index contributed by atoms with van der Waals surface area (Å²) in [5.41, 5.74) is 7.30. The van der Waals surface area contributed by atoms with Crippen molar-refractivity contribution in [3.8, 4) is 0 Å². The van der Waals surface area contributed by atoms with Crippen molar-refractivity contribution >= 4 is 11.3 Å². The van der Waals surface area contributed by atoms with Crippen molar-refractivity contribution in [1.82, 2.24) is 4.90 Å². The Morgan fingerprint density at radius 2 is 2.25 bits per heavy atom. The fourth-order valence-electron chi connectivity index (χ4n) is 2.76. The molecule has 2 aromatic heterocycles. The highest BCUT2D eigenvalue weighted by atomic mass is 32.1. The maximum atomic E-state index is 6.05. The van der Waals surface area contributed by atoms with E-state index in [9.17, 15) is 0 Å². The first-order valence-electron chi connectivity index (χ1n) is 7.20. The van der Waals surface area contributed by atoms with Crippen molar-refractivity contribution < 1.29 is 4.42 Å². The first-order chi connectivity index (χ1) is 9.69. The van der Waals surface area contributed by atoms with E-state index in [0.717, 1.165) is 24.0 Å². The van der Waals surface area contributed by atoms with Crippen LogP contribution in [-0.4, -0.2) is 18.5 Å². The van der Waals surface area contributed by atoms with Crippen LogP contribution in [0.4, 0.5) is 0 Å². The number of likely N-dealkylation sites (N-methyl/N-ethyl adjacent to an activating group) is 1. The SMILES string of the molecule is CC1CC1c1ccc(C(CN)N(C)Cc2ccsc2)o1. The van der Waals surface area contributed by atoms with Crippen LogP contribution in [0.3, 0.4) is 0 Å². The van der Waals surface area contributed by atoms with Gasteiger partial charge in [-0.05, 0) is 53.9 Å². The standard InChI is InChI=1S/C16H22N2OS/c1-11-7-13(11)15-3-4-16(19-15)14(8-17)18(2)9-12-5-6-20-10-12/h3-6,10-11,13-14H,7-9,17H2,1-2H3. The Morgan fingerprint density at radius 3 is 2.85 bits per heavy atom. The Kier molecular flexibility index (Phi) is 3.96. The van der Waals surface area contributed by atoms with Gasteiger partial charge in [0.05, 0.1) is 6.04 Å². The molecule has 3 nitrogen and oxygen atoms in total. The van der Waals surface area contributed by atoms with E-state index in [1.165, 1.54) is 12.0 Å². The van der Waals surface area contributed by atoms with Crippen molar-refractivity contribution in [3.05, 3.63) is 46.0 Å². The lowest BCUT2D eigenvalue weighted by molar-refractivity contribution is 0.210. The molecule has 1 saturated carbocycles. The van der Waals surface area contributed by atoms with E-state index in [1.54, 1.807) is 11.3 Å². The quantitative estimate of drug-likeness (QED) is 0.884. The average molecular weight is 290 g/mol. The van der Waals surface area contributed by atoms with E-state index in [0.29, 0.717) is 12.5 Å². The molecule has 0 bridgehead atoms. The summed E-state index contributed by atoms with van der Waals surface area (Å²) in [7, 11) is 2.11. The predicted octanol–water partition coefficient (Wildman–Crippen LogP) is 3.60. The summed E-state index contributed by atoms with van der Waals surface area (Å²) < 4.78 is 6.05. The molecular weight excluding hydrogens is 268 g/mol. The van der Waals surface area contributed by atoms with Crippen LogP contribution >= 0.6 is 11.3 Å². The number of hydrogen-bond acceptors (Lipinski definition) is 4. The molecule has 20 heavy (non-hydrogen) atoms. The zero-order valence-corrected chi connectivity index (χ0v) is 12.9. The van der Waals surface area contributed by atoms with Gasteiger partial charge in [-0.1, -0.05) is 6.92 Å². The highest BCUT2D eigenvalue weighted by molar-refractivity contribution is 7.07. The summed E-state index contributed by atoms with van der Waals surface area (Å²) in [5.74, 6) is 3.53. The smallest absolute Gasteiger partial charge is 0.122 e. The molecule has 3 unspecified atom stereocenters. The number of thiophene rings is 1. The van der Waals surface area contributed by atoms with Gasteiger partial charge in [-0.15, -0.1) is 0 Å². The zero-order valence-electron chi connectivity index (χ0n) is 12.1. The summed E-state index contributed by atoms with van der Waals surface area (Å²) in [6, 6.07) is 6.54. The topological polar surface area (TPSA) is 42.4 Å². The van der Waals surface area contributed by atoms with Gasteiger partial charge in [0, 0.05) is 19.0 Å². The molecule has 2 aromatic rings. The van der Waals surface area contributed by atoms with Gasteiger partial charge in [-0.3, -0.25) is 4.90 Å². The molecule has 0 spiro atoms. The molecule has 2 N–H and O–H groups in total. The van der Waals surface area contributed by atoms with E-state index in [1.807, 2.05) is 0 Å². The second-order valence-electron chi connectivity index (χ2n) is 5.86. The minimum absolute atomic E-state index is 0.151. The van der Waals surface area contributed by atoms with Gasteiger partial charge < -0.3 is 10.2 Å². The molecule has 0 amide bonds. The highest BCUT2D eigenvalue weighted by Gasteiger charge is 2.37. The lowest BCUT2D eigenvalue weighted by Gasteiger charge is -2.24. The lowest BCUT2D eigenvalue weighted by Crippen LogP contribution is -2.29. The number of rotatable bonds is 6. The maximum Gasteiger partial charge on any atom is 0.122 e. The Hall–Kier alpha value is -1.10. The molecule has 0 radical (unpaired) electrons. The molecule has 3 atom stereocenters. The minimum atomic E-state index is 0.151. The Morgan fingerprint density at radius 1 is 1.45 bits per heavy atom. The largest absolute Gasteiger partial charge is 0.464 e. The van der Waals surface area contributed by atoms with Crippen molar-refractivity contribution in [2.24, 2.45) is 11.7 Å². The molecule has 4 heteroatoms. The van der Waals surface area contributed by atoms with Crippen LogP contribution in [-0.2, 0) is 6.54 Å². The van der Waals surface area contributed by atoms with E-state index in [-0.39, 0.29) is 6.04 Å². The molecule has 1 aliphatic carbocycles. The van der Waals surface area contributed by atoms with Gasteiger partial charge >= 0.3 is 0 Å². The molecule has 0 aliphatic heterocycles. The summed E-state index contributed by atoms with van der Waals surface area (Å²) in [6.45, 7) is 3.75. The maximum absolute atomic E-state index is 6.05. The van der Waals surface area contributed by atoms with Crippen LogP contribution in [0.1, 0.15) is 42.4 Å². The Balaban J connectivity index is 1.70. The van der Waals surface area contributed by atoms with Crippen molar-refractivity contribution in [2.45, 2.75) is 31.8 Å². The number of furan rings is 1. The van der Waals surface area contributed by atoms with Gasteiger partial charge in [0.1, 0.15) is 11.5 Å². The zero-order chi connectivity index (χ0) is 14.1. The minimum Gasteiger partial charge on any atom is -0.464 e. The van der Waals surface area contributed by atoms with Crippen LogP contribution in [0, 0.1) is 5.92 Å². The molecular formula is C16H22N2OS. The Labute approximate surface area is 124 Å². The van der Waals surface area contributed by atoms with E-state index >= 15 is 0 Å². The van der Waals surface area contributed by atoms with E-state index in [4.69, 9.17) is 10.2 Å². The lowest BCUT2D eigenvalue weighted by atomic mass is 10.2. The van der Waals surface area contributed by atoms with Gasteiger partial charge in [0.2, 0.25) is 0 Å². The van der Waals surface area contributed by atoms with Gasteiger partial charge in [0.15, 0.2) is 0 Å². The van der Waals surface area contributed by atoms with Gasteiger partial charge in [-0.25, -0.2) is 0 Å². The first-order valence-corrected chi connectivity index (χ1v) is 8.14. The van der Waals surface area contributed by atoms with Crippen molar-refractivity contribution in [2.75, 3.05) is 13.6 Å². The average Bonchev–Trinajstić information content (AvgIpc) is 2.88. The van der Waals surface area contributed by atoms with E-state index in [2.05, 4.69) is 47.8 Å². The number of hydrogen-bond donors (Lipinski definition) is 1. The third-order valence-electron chi connectivity index (χ3n) is 4.22. The predicted molar refractivity (Wildman–Crippen MR) is 82.8 cm³/mol. The van der Waals surface area contributed by atoms with Gasteiger partial charge in [0.25, 0.3) is 0 Å². The van der Waals surface area contributed by atoms with Crippen LogP contribution < -0.4 is 5.73 Å². The second kappa shape index (κ2) is 5.72. The summed E-state index contributed by atoms with van der Waals surface area (Å²) in [5, 5.41) is 4.30. The van der Waals surface area contributed by atoms with Crippen LogP contribution in [0.2, 0.25) is 0 Å². The number of nitrogens with two attached hydrogens (primary N) is 1. The fraction of sp³-hybridized carbons (Fsp3) is 0.500. The normalized spacial score (nSPS) is 23.2. The van der Waals surface area contributed by atoms with Crippen molar-refractivity contribution in [3.63, 3.8) is 0 Å². The Bertz CT molecular complexity index is 549. The summed E-state index contributed by atoms with van der Waals surface area (Å²) in [6.07, 6.45) is 1.25. The van der Waals surface area contributed by atoms with Crippen molar-refractivity contribution in [1.29, 1.82) is 0 Å². The monoisotopic (exact) mass is 290 g/mol. The summed E-state index contributed by atoms with van der Waals surface area (Å²) >= 11 is 1.73. The first kappa shape index (κ1) is 13.9. The molecule has 2 heterocycles. The molecule has 0 saturated heterocycles. The third kappa shape index (κ3) is 2.82. The van der Waals surface area contributed by atoms with E-state index < -0.39 is 0 Å². The van der Waals surface area contributed by atoms with Gasteiger partial charge in [-0.2, -0.15) is 11.3 Å². The molecule has 108 valence electrons. The molecule has 1 aliphatic rings. The second-order valence-corrected chi connectivity index (χ2v) is 6.64. The fourth-order valence-corrected chi connectivity index (χ4v) is 3.42. The van der Waals surface area contributed by atoms with Crippen LogP contribution in [0.15, 0.2) is 33.4 Å². The number of nitrogens with zero attached hydrogens (tertiary/aromatic N) is 1. The molecule has 3 rings (SSSR count). The molecule has 1 fully saturated rings. The summed E-state index contributed by atoms with van der Waals surface area (Å²) in [4.78, 5) is 2.26. The third-order valence-corrected chi connectivity index (χ3v) is 4.95. The highest BCUT2D eigenvalue weighted by Crippen LogP contribution is 2.47.